The van der Waals surface area contributed by atoms with Gasteiger partial charge in [0, 0.05) is 5.56 Å². The third-order valence-corrected chi connectivity index (χ3v) is 1.87. The van der Waals surface area contributed by atoms with Crippen LogP contribution in [0.3, 0.4) is 0 Å². The highest BCUT2D eigenvalue weighted by Gasteiger charge is 2.09. The first-order valence-corrected chi connectivity index (χ1v) is 3.77. The Morgan fingerprint density at radius 1 is 1.54 bits per heavy atom. The van der Waals surface area contributed by atoms with Crippen LogP contribution < -0.4 is 0 Å². The van der Waals surface area contributed by atoms with Gasteiger partial charge in [-0.1, -0.05) is 0 Å². The van der Waals surface area contributed by atoms with Crippen LogP contribution in [0, 0.1) is 24.1 Å². The Balaban J connectivity index is 3.47. The molecule has 0 aromatic heterocycles. The molecule has 0 saturated carbocycles. The van der Waals surface area contributed by atoms with Crippen LogP contribution in [0.5, 0.6) is 0 Å². The van der Waals surface area contributed by atoms with Crippen molar-refractivity contribution < 1.29 is 9.18 Å². The lowest BCUT2D eigenvalue weighted by Gasteiger charge is -2.03. The number of rotatable bonds is 1. The molecular formula is C10H8FNO. The minimum absolute atomic E-state index is 0.213. The first-order valence-electron chi connectivity index (χ1n) is 3.77. The SMILES string of the molecule is CC(=O)c1cc(F)cc(C#N)c1C. The van der Waals surface area contributed by atoms with Gasteiger partial charge in [-0.25, -0.2) is 4.39 Å². The fourth-order valence-electron chi connectivity index (χ4n) is 1.16. The van der Waals surface area contributed by atoms with Crippen molar-refractivity contribution in [2.75, 3.05) is 0 Å². The Morgan fingerprint density at radius 3 is 2.62 bits per heavy atom. The molecule has 1 aromatic rings. The van der Waals surface area contributed by atoms with E-state index in [1.165, 1.54) is 6.92 Å². The Bertz CT molecular complexity index is 404. The highest BCUT2D eigenvalue weighted by atomic mass is 19.1. The van der Waals surface area contributed by atoms with Crippen molar-refractivity contribution in [3.63, 3.8) is 0 Å². The monoisotopic (exact) mass is 177 g/mol. The molecule has 0 aliphatic rings. The lowest BCUT2D eigenvalue weighted by molar-refractivity contribution is 0.101. The van der Waals surface area contributed by atoms with Gasteiger partial charge >= 0.3 is 0 Å². The molecular weight excluding hydrogens is 169 g/mol. The third kappa shape index (κ3) is 1.73. The Morgan fingerprint density at radius 2 is 2.15 bits per heavy atom. The number of carbonyl (C=O) groups excluding carboxylic acids is 1. The molecule has 0 saturated heterocycles. The summed E-state index contributed by atoms with van der Waals surface area (Å²) >= 11 is 0. The topological polar surface area (TPSA) is 40.9 Å². The van der Waals surface area contributed by atoms with E-state index < -0.39 is 5.82 Å². The quantitative estimate of drug-likeness (QED) is 0.617. The Kier molecular flexibility index (Phi) is 2.43. The molecule has 1 aromatic carbocycles. The third-order valence-electron chi connectivity index (χ3n) is 1.87. The number of hydrogen-bond acceptors (Lipinski definition) is 2. The van der Waals surface area contributed by atoms with Crippen LogP contribution >= 0.6 is 0 Å². The Hall–Kier alpha value is -1.69. The molecule has 0 spiro atoms. The first-order chi connectivity index (χ1) is 6.06. The smallest absolute Gasteiger partial charge is 0.160 e. The van der Waals surface area contributed by atoms with E-state index in [-0.39, 0.29) is 16.9 Å². The molecule has 0 atom stereocenters. The average molecular weight is 177 g/mol. The van der Waals surface area contributed by atoms with Crippen LogP contribution in [0.4, 0.5) is 4.39 Å². The maximum Gasteiger partial charge on any atom is 0.160 e. The van der Waals surface area contributed by atoms with Crippen LogP contribution in [0.25, 0.3) is 0 Å². The van der Waals surface area contributed by atoms with Crippen molar-refractivity contribution in [3.05, 3.63) is 34.6 Å². The van der Waals surface area contributed by atoms with Gasteiger partial charge in [0.1, 0.15) is 5.82 Å². The van der Waals surface area contributed by atoms with E-state index >= 15 is 0 Å². The molecule has 0 unspecified atom stereocenters. The van der Waals surface area contributed by atoms with Crippen molar-refractivity contribution in [1.82, 2.24) is 0 Å². The van der Waals surface area contributed by atoms with E-state index in [4.69, 9.17) is 5.26 Å². The van der Waals surface area contributed by atoms with Gasteiger partial charge in [-0.3, -0.25) is 4.79 Å². The standard InChI is InChI=1S/C10H8FNO/c1-6-8(5-12)3-9(11)4-10(6)7(2)13/h3-4H,1-2H3. The predicted octanol–water partition coefficient (Wildman–Crippen LogP) is 2.21. The Labute approximate surface area is 75.6 Å². The average Bonchev–Trinajstić information content (AvgIpc) is 2.08. The molecule has 0 bridgehead atoms. The summed E-state index contributed by atoms with van der Waals surface area (Å²) in [5.41, 5.74) is 1.03. The van der Waals surface area contributed by atoms with E-state index in [0.717, 1.165) is 12.1 Å². The number of ketones is 1. The molecule has 0 amide bonds. The summed E-state index contributed by atoms with van der Waals surface area (Å²) in [6.45, 7) is 2.98. The van der Waals surface area contributed by atoms with Gasteiger partial charge in [0.25, 0.3) is 0 Å². The highest BCUT2D eigenvalue weighted by Crippen LogP contribution is 2.15. The highest BCUT2D eigenvalue weighted by molar-refractivity contribution is 5.96. The second-order valence-corrected chi connectivity index (χ2v) is 2.79. The molecule has 13 heavy (non-hydrogen) atoms. The largest absolute Gasteiger partial charge is 0.294 e. The summed E-state index contributed by atoms with van der Waals surface area (Å²) in [4.78, 5) is 11.0. The van der Waals surface area contributed by atoms with Crippen LogP contribution in [-0.2, 0) is 0 Å². The van der Waals surface area contributed by atoms with Gasteiger partial charge in [-0.05, 0) is 31.5 Å². The number of carbonyl (C=O) groups is 1. The van der Waals surface area contributed by atoms with Crippen molar-refractivity contribution in [2.24, 2.45) is 0 Å². The first kappa shape index (κ1) is 9.40. The second kappa shape index (κ2) is 3.36. The molecule has 0 aliphatic heterocycles. The van der Waals surface area contributed by atoms with Gasteiger partial charge in [-0.15, -0.1) is 0 Å². The fraction of sp³-hybridized carbons (Fsp3) is 0.200. The molecule has 0 aliphatic carbocycles. The molecule has 66 valence electrons. The second-order valence-electron chi connectivity index (χ2n) is 2.79. The fourth-order valence-corrected chi connectivity index (χ4v) is 1.16. The molecule has 2 nitrogen and oxygen atoms in total. The molecule has 3 heteroatoms. The zero-order valence-electron chi connectivity index (χ0n) is 7.39. The minimum atomic E-state index is -0.549. The number of benzene rings is 1. The van der Waals surface area contributed by atoms with Crippen LogP contribution in [0.1, 0.15) is 28.4 Å². The van der Waals surface area contributed by atoms with E-state index in [1.54, 1.807) is 6.92 Å². The number of nitriles is 1. The summed E-state index contributed by atoms with van der Waals surface area (Å²) in [6.07, 6.45) is 0. The predicted molar refractivity (Wildman–Crippen MR) is 45.9 cm³/mol. The molecule has 1 rings (SSSR count). The maximum atomic E-state index is 12.9. The van der Waals surface area contributed by atoms with Crippen LogP contribution in [-0.4, -0.2) is 5.78 Å². The summed E-state index contributed by atoms with van der Waals surface area (Å²) < 4.78 is 12.9. The van der Waals surface area contributed by atoms with Crippen LogP contribution in [0.2, 0.25) is 0 Å². The number of halogens is 1. The summed E-state index contributed by atoms with van der Waals surface area (Å²) in [6, 6.07) is 4.12. The van der Waals surface area contributed by atoms with Gasteiger partial charge in [0.05, 0.1) is 11.6 Å². The van der Waals surface area contributed by atoms with E-state index in [0.29, 0.717) is 5.56 Å². The van der Waals surface area contributed by atoms with Crippen molar-refractivity contribution in [3.8, 4) is 6.07 Å². The number of nitrogens with zero attached hydrogens (tertiary/aromatic N) is 1. The van der Waals surface area contributed by atoms with Gasteiger partial charge in [0.2, 0.25) is 0 Å². The van der Waals surface area contributed by atoms with Gasteiger partial charge < -0.3 is 0 Å². The zero-order valence-corrected chi connectivity index (χ0v) is 7.39. The molecule has 0 radical (unpaired) electrons. The lowest BCUT2D eigenvalue weighted by atomic mass is 10.0. The molecule has 0 heterocycles. The molecule has 0 N–H and O–H groups in total. The number of hydrogen-bond donors (Lipinski definition) is 0. The molecule has 0 fully saturated rings. The van der Waals surface area contributed by atoms with Crippen LogP contribution in [0.15, 0.2) is 12.1 Å². The van der Waals surface area contributed by atoms with E-state index in [9.17, 15) is 9.18 Å². The van der Waals surface area contributed by atoms with Crippen molar-refractivity contribution in [2.45, 2.75) is 13.8 Å². The van der Waals surface area contributed by atoms with E-state index in [1.807, 2.05) is 6.07 Å². The normalized spacial score (nSPS) is 9.38. The summed E-state index contributed by atoms with van der Waals surface area (Å²) in [7, 11) is 0. The van der Waals surface area contributed by atoms with Gasteiger partial charge in [0.15, 0.2) is 5.78 Å². The summed E-state index contributed by atoms with van der Waals surface area (Å²) in [5.74, 6) is -0.777. The summed E-state index contributed by atoms with van der Waals surface area (Å²) in [5, 5.41) is 8.62. The van der Waals surface area contributed by atoms with Gasteiger partial charge in [-0.2, -0.15) is 5.26 Å². The number of Topliss-reactive ketones (excluding diaryl/α,β-unsaturated/α-hetero) is 1. The maximum absolute atomic E-state index is 12.9. The van der Waals surface area contributed by atoms with Crippen molar-refractivity contribution >= 4 is 5.78 Å². The van der Waals surface area contributed by atoms with E-state index in [2.05, 4.69) is 0 Å². The van der Waals surface area contributed by atoms with Crippen molar-refractivity contribution in [1.29, 1.82) is 5.26 Å². The zero-order chi connectivity index (χ0) is 10.0. The minimum Gasteiger partial charge on any atom is -0.294 e. The lowest BCUT2D eigenvalue weighted by Crippen LogP contribution is -1.99.